The Morgan fingerprint density at radius 2 is 1.96 bits per heavy atom. The first-order chi connectivity index (χ1) is 10.8. The molecule has 0 bridgehead atoms. The lowest BCUT2D eigenvalue weighted by Gasteiger charge is -2.22. The van der Waals surface area contributed by atoms with Crippen LogP contribution in [0.5, 0.6) is 0 Å². The van der Waals surface area contributed by atoms with Gasteiger partial charge < -0.3 is 4.90 Å². The molecule has 1 heterocycles. The molecule has 0 fully saturated rings. The van der Waals surface area contributed by atoms with Crippen LogP contribution >= 0.6 is 0 Å². The average molecular weight is 336 g/mol. The molecule has 2 rings (SSSR count). The van der Waals surface area contributed by atoms with E-state index in [0.717, 1.165) is 16.8 Å². The normalized spacial score (nSPS) is 11.9. The largest absolute Gasteiger partial charge is 0.377 e. The number of aromatic nitrogens is 2. The minimum absolute atomic E-state index is 0.317. The van der Waals surface area contributed by atoms with Crippen LogP contribution in [0.25, 0.3) is 0 Å². The lowest BCUT2D eigenvalue weighted by atomic mass is 10.2. The van der Waals surface area contributed by atoms with Gasteiger partial charge in [0.1, 0.15) is 0 Å². The van der Waals surface area contributed by atoms with E-state index in [1.165, 1.54) is 4.31 Å². The molecule has 2 aromatic rings. The molecule has 7 heteroatoms. The first-order valence-corrected chi connectivity index (χ1v) is 8.95. The first kappa shape index (κ1) is 17.5. The molecule has 0 unspecified atom stereocenters. The van der Waals surface area contributed by atoms with Crippen molar-refractivity contribution in [2.75, 3.05) is 25.5 Å². The van der Waals surface area contributed by atoms with E-state index in [0.29, 0.717) is 18.0 Å². The molecule has 0 aliphatic carbocycles. The smallest absolute Gasteiger partial charge is 0.243 e. The molecule has 126 valence electrons. The Morgan fingerprint density at radius 1 is 1.26 bits per heavy atom. The molecule has 0 saturated carbocycles. The fourth-order valence-corrected chi connectivity index (χ4v) is 3.96. The van der Waals surface area contributed by atoms with E-state index in [-0.39, 0.29) is 0 Å². The average Bonchev–Trinajstić information content (AvgIpc) is 2.89. The highest BCUT2D eigenvalue weighted by molar-refractivity contribution is 7.89. The molecular formula is C16H24N4O2S. The summed E-state index contributed by atoms with van der Waals surface area (Å²) in [7, 11) is 2.09. The maximum Gasteiger partial charge on any atom is 0.243 e. The summed E-state index contributed by atoms with van der Waals surface area (Å²) in [5.41, 5.74) is 2.82. The van der Waals surface area contributed by atoms with E-state index in [2.05, 4.69) is 5.10 Å². The van der Waals surface area contributed by atoms with E-state index >= 15 is 0 Å². The van der Waals surface area contributed by atoms with Gasteiger partial charge >= 0.3 is 0 Å². The van der Waals surface area contributed by atoms with Crippen LogP contribution in [0.2, 0.25) is 0 Å². The number of sulfonamides is 1. The Kier molecular flexibility index (Phi) is 5.11. The van der Waals surface area contributed by atoms with Crippen LogP contribution in [-0.4, -0.2) is 43.1 Å². The molecule has 6 nitrogen and oxygen atoms in total. The van der Waals surface area contributed by atoms with Gasteiger partial charge in [0.25, 0.3) is 0 Å². The zero-order chi connectivity index (χ0) is 17.2. The molecule has 0 aliphatic rings. The van der Waals surface area contributed by atoms with Gasteiger partial charge in [-0.15, -0.1) is 0 Å². The number of hydrogen-bond acceptors (Lipinski definition) is 4. The van der Waals surface area contributed by atoms with Crippen molar-refractivity contribution in [3.63, 3.8) is 0 Å². The second-order valence-corrected chi connectivity index (χ2v) is 7.73. The highest BCUT2D eigenvalue weighted by atomic mass is 32.2. The highest BCUT2D eigenvalue weighted by Crippen LogP contribution is 2.25. The molecule has 0 aliphatic heterocycles. The zero-order valence-electron chi connectivity index (χ0n) is 14.3. The fourth-order valence-electron chi connectivity index (χ4n) is 2.50. The van der Waals surface area contributed by atoms with Crippen molar-refractivity contribution in [3.8, 4) is 0 Å². The number of rotatable bonds is 6. The number of aryl methyl sites for hydroxylation is 2. The standard InChI is InChI=1S/C16H24N4O2S/c1-6-20(12-14-10-17-19(5)11-14)23(21,22)15-8-7-13(2)16(9-15)18(3)4/h7-11H,6,12H2,1-5H3. The predicted octanol–water partition coefficient (Wildman–Crippen LogP) is 2.01. The molecule has 1 aromatic carbocycles. The van der Waals surface area contributed by atoms with Gasteiger partial charge in [0.2, 0.25) is 10.0 Å². The summed E-state index contributed by atoms with van der Waals surface area (Å²) < 4.78 is 29.0. The Balaban J connectivity index is 2.37. The minimum Gasteiger partial charge on any atom is -0.377 e. The Hall–Kier alpha value is -1.86. The third-order valence-corrected chi connectivity index (χ3v) is 5.69. The highest BCUT2D eigenvalue weighted by Gasteiger charge is 2.24. The second kappa shape index (κ2) is 6.72. The minimum atomic E-state index is -3.54. The number of anilines is 1. The molecule has 23 heavy (non-hydrogen) atoms. The quantitative estimate of drug-likeness (QED) is 0.810. The Labute approximate surface area is 138 Å². The summed E-state index contributed by atoms with van der Waals surface area (Å²) in [6.07, 6.45) is 3.52. The summed E-state index contributed by atoms with van der Waals surface area (Å²) in [6, 6.07) is 5.25. The molecule has 0 atom stereocenters. The van der Waals surface area contributed by atoms with Crippen LogP contribution in [0.15, 0.2) is 35.5 Å². The van der Waals surface area contributed by atoms with Crippen molar-refractivity contribution in [2.24, 2.45) is 7.05 Å². The monoisotopic (exact) mass is 336 g/mol. The SMILES string of the molecule is CCN(Cc1cnn(C)c1)S(=O)(=O)c1ccc(C)c(N(C)C)c1. The van der Waals surface area contributed by atoms with Crippen molar-refractivity contribution in [1.82, 2.24) is 14.1 Å². The third kappa shape index (κ3) is 3.73. The maximum absolute atomic E-state index is 12.9. The predicted molar refractivity (Wildman–Crippen MR) is 92.0 cm³/mol. The summed E-state index contributed by atoms with van der Waals surface area (Å²) in [4.78, 5) is 2.24. The van der Waals surface area contributed by atoms with Gasteiger partial charge in [-0.2, -0.15) is 9.40 Å². The van der Waals surface area contributed by atoms with Crippen molar-refractivity contribution in [3.05, 3.63) is 41.7 Å². The van der Waals surface area contributed by atoms with Gasteiger partial charge in [0.15, 0.2) is 0 Å². The summed E-state index contributed by atoms with van der Waals surface area (Å²) >= 11 is 0. The molecule has 0 saturated heterocycles. The number of benzene rings is 1. The van der Waals surface area contributed by atoms with Crippen LogP contribution in [0.3, 0.4) is 0 Å². The van der Waals surface area contributed by atoms with E-state index in [1.54, 1.807) is 23.0 Å². The number of hydrogen-bond donors (Lipinski definition) is 0. The van der Waals surface area contributed by atoms with Crippen LogP contribution in [-0.2, 0) is 23.6 Å². The van der Waals surface area contributed by atoms with Gasteiger partial charge in [-0.05, 0) is 24.6 Å². The van der Waals surface area contributed by atoms with Crippen LogP contribution in [0, 0.1) is 6.92 Å². The lowest BCUT2D eigenvalue weighted by Crippen LogP contribution is -2.30. The Morgan fingerprint density at radius 3 is 2.48 bits per heavy atom. The first-order valence-electron chi connectivity index (χ1n) is 7.51. The topological polar surface area (TPSA) is 58.4 Å². The van der Waals surface area contributed by atoms with E-state index in [4.69, 9.17) is 0 Å². The Bertz CT molecular complexity index is 781. The van der Waals surface area contributed by atoms with Gasteiger partial charge in [0, 0.05) is 51.7 Å². The summed E-state index contributed by atoms with van der Waals surface area (Å²) in [5.74, 6) is 0. The van der Waals surface area contributed by atoms with Crippen LogP contribution < -0.4 is 4.90 Å². The van der Waals surface area contributed by atoms with Crippen molar-refractivity contribution < 1.29 is 8.42 Å². The van der Waals surface area contributed by atoms with Gasteiger partial charge in [0.05, 0.1) is 11.1 Å². The second-order valence-electron chi connectivity index (χ2n) is 5.80. The molecule has 0 spiro atoms. The van der Waals surface area contributed by atoms with Crippen molar-refractivity contribution in [1.29, 1.82) is 0 Å². The fraction of sp³-hybridized carbons (Fsp3) is 0.438. The number of nitrogens with zero attached hydrogens (tertiary/aromatic N) is 4. The van der Waals surface area contributed by atoms with Crippen LogP contribution in [0.4, 0.5) is 5.69 Å². The van der Waals surface area contributed by atoms with E-state index in [1.807, 2.05) is 52.2 Å². The summed E-state index contributed by atoms with van der Waals surface area (Å²) in [6.45, 7) is 4.54. The van der Waals surface area contributed by atoms with Crippen molar-refractivity contribution in [2.45, 2.75) is 25.3 Å². The maximum atomic E-state index is 12.9. The van der Waals surface area contributed by atoms with Gasteiger partial charge in [-0.3, -0.25) is 4.68 Å². The molecule has 0 radical (unpaired) electrons. The molecule has 1 aromatic heterocycles. The van der Waals surface area contributed by atoms with E-state index in [9.17, 15) is 8.42 Å². The van der Waals surface area contributed by atoms with Gasteiger partial charge in [-0.25, -0.2) is 8.42 Å². The third-order valence-electron chi connectivity index (χ3n) is 3.77. The van der Waals surface area contributed by atoms with Crippen molar-refractivity contribution >= 4 is 15.7 Å². The molecular weight excluding hydrogens is 312 g/mol. The van der Waals surface area contributed by atoms with Crippen LogP contribution in [0.1, 0.15) is 18.1 Å². The van der Waals surface area contributed by atoms with E-state index < -0.39 is 10.0 Å². The molecule has 0 amide bonds. The lowest BCUT2D eigenvalue weighted by molar-refractivity contribution is 0.423. The zero-order valence-corrected chi connectivity index (χ0v) is 15.1. The molecule has 0 N–H and O–H groups in total. The summed E-state index contributed by atoms with van der Waals surface area (Å²) in [5, 5.41) is 4.10. The van der Waals surface area contributed by atoms with Gasteiger partial charge in [-0.1, -0.05) is 13.0 Å².